The van der Waals surface area contributed by atoms with Gasteiger partial charge >= 0.3 is 11.9 Å². The number of fused-ring (bicyclic) bond motifs is 7. The number of anilines is 3. The number of allylic oxidation sites excluding steroid dienone is 15. The van der Waals surface area contributed by atoms with Gasteiger partial charge in [0.25, 0.3) is 17.1 Å². The number of nitrogens with one attached hydrogen (secondary N) is 1. The molecule has 21 heteroatoms. The Balaban J connectivity index is 0.000000207. The van der Waals surface area contributed by atoms with E-state index in [1.165, 1.54) is 67.4 Å². The number of benzene rings is 5. The number of ether oxygens (including phenoxy) is 1. The largest absolute Gasteiger partial charge is 0.872 e. The number of quaternary nitrogens is 1. The van der Waals surface area contributed by atoms with Crippen molar-refractivity contribution in [3.05, 3.63) is 285 Å². The number of nitrogens with zero attached hydrogens (tertiary/aromatic N) is 13. The first-order valence-corrected chi connectivity index (χ1v) is 42.0. The van der Waals surface area contributed by atoms with Gasteiger partial charge in [0.1, 0.15) is 34.3 Å². The van der Waals surface area contributed by atoms with E-state index >= 15 is 0 Å². The number of Topliss-reactive ketones (excluding diaryl/α,β-unsaturated/α-hetero) is 1. The summed E-state index contributed by atoms with van der Waals surface area (Å²) in [5, 5.41) is 67.9. The van der Waals surface area contributed by atoms with Crippen LogP contribution in [0.2, 0.25) is 0 Å². The van der Waals surface area contributed by atoms with Gasteiger partial charge in [0.05, 0.1) is 85.1 Å². The molecule has 0 aromatic heterocycles. The lowest BCUT2D eigenvalue weighted by atomic mass is 9.72. The molecular weight excluding hydrogens is 1550 g/mol. The molecule has 5 aromatic carbocycles. The molecule has 0 spiro atoms. The summed E-state index contributed by atoms with van der Waals surface area (Å²) in [6.45, 7) is 70.7. The van der Waals surface area contributed by atoms with Crippen molar-refractivity contribution < 1.29 is 57.6 Å². The maximum atomic E-state index is 14.3. The van der Waals surface area contributed by atoms with Crippen LogP contribution in [-0.2, 0) is 57.0 Å². The van der Waals surface area contributed by atoms with E-state index in [0.29, 0.717) is 33.4 Å². The van der Waals surface area contributed by atoms with Crippen LogP contribution in [0.25, 0.3) is 14.5 Å². The second-order valence-electron chi connectivity index (χ2n) is 36.9. The Morgan fingerprint density at radius 3 is 1.06 bits per heavy atom. The molecule has 7 aliphatic heterocycles. The zero-order chi connectivity index (χ0) is 92.0. The quantitative estimate of drug-likeness (QED) is 0.0484. The highest BCUT2D eigenvalue weighted by Crippen LogP contribution is 2.56. The molecule has 1 saturated carbocycles. The molecule has 2 unspecified atom stereocenters. The van der Waals surface area contributed by atoms with E-state index in [-0.39, 0.29) is 56.2 Å². The van der Waals surface area contributed by atoms with Gasteiger partial charge in [-0.25, -0.2) is 39.5 Å². The van der Waals surface area contributed by atoms with Crippen LogP contribution in [0.4, 0.5) is 39.8 Å². The Bertz CT molecular complexity index is 5930. The molecule has 15 rings (SSSR count). The maximum absolute atomic E-state index is 14.3. The molecule has 10 aliphatic rings. The van der Waals surface area contributed by atoms with Crippen molar-refractivity contribution in [2.75, 3.05) is 83.7 Å². The van der Waals surface area contributed by atoms with Crippen LogP contribution in [0.15, 0.2) is 212 Å². The summed E-state index contributed by atoms with van der Waals surface area (Å²) in [4.78, 5) is 49.9. The summed E-state index contributed by atoms with van der Waals surface area (Å²) >= 11 is 0. The van der Waals surface area contributed by atoms with E-state index in [0.717, 1.165) is 84.8 Å². The number of aliphatic hydroxyl groups excluding tert-OH is 1. The standard InChI is InChI=1S/C56H50N8O2.C19H17N3O2.C18H26N2.C6H15N.C4H6O3/c1-53(2)35-19-15-17-21-41(35)61(11)45(53)23-31-49(39(29-57)59-9)33(51(31)65)25-47-55(5,6)37-27-44-38(28-43(37)63(47)13)56(7,8)48(64(44)14)26-34-50(40(30-58)60-10)32(52(34)66)24-46-54(3,4)36-20-16-18-22-42(36)62(46)12;1-19(2)12-7-5-6-8-14(12)22(4)15(19)9-11-16(13(10-20)21-3)18(24)17(11)23;1-11-17(3,4)13-9-16-14(10-15(13)19(11)7)18(5,6)12(2)20(16)8;1-4-7(5-2)6-3;1-3(5)7-4(2)6/h15-28H,1-8,11-14H3;5-9,11,18,24H,1-2,4H3;9-10H,1-8H3;4-6H2,1-3H3;1-2H3/q;;+2;;/p+1/b49-39-,50-40+;15-9?,16-13+;;;. The molecule has 5 aromatic rings. The minimum atomic E-state index is -1.34. The minimum absolute atomic E-state index is 0.123. The highest BCUT2D eigenvalue weighted by molar-refractivity contribution is 6.09. The monoisotopic (exact) mass is 1660 g/mol. The number of rotatable bonds is 8. The average Bonchev–Trinajstić information content (AvgIpc) is 1.53. The summed E-state index contributed by atoms with van der Waals surface area (Å²) in [6, 6.07) is 39.4. The fourth-order valence-corrected chi connectivity index (χ4v) is 19.7. The van der Waals surface area contributed by atoms with Crippen molar-refractivity contribution in [1.29, 1.82) is 15.8 Å². The van der Waals surface area contributed by atoms with Gasteiger partial charge in [0.15, 0.2) is 28.6 Å². The van der Waals surface area contributed by atoms with E-state index in [4.69, 9.17) is 25.0 Å². The Labute approximate surface area is 732 Å². The Kier molecular flexibility index (Phi) is 24.6. The van der Waals surface area contributed by atoms with Crippen LogP contribution in [-0.4, -0.2) is 139 Å². The van der Waals surface area contributed by atoms with Crippen molar-refractivity contribution in [2.24, 2.45) is 5.92 Å². The summed E-state index contributed by atoms with van der Waals surface area (Å²) < 4.78 is 12.9. The lowest BCUT2D eigenvalue weighted by Gasteiger charge is -2.36. The fourth-order valence-electron chi connectivity index (χ4n) is 19.7. The van der Waals surface area contributed by atoms with E-state index in [1.807, 2.05) is 107 Å². The topological polar surface area (TPSA) is 237 Å². The predicted molar refractivity (Wildman–Crippen MR) is 485 cm³/mol. The van der Waals surface area contributed by atoms with Crippen molar-refractivity contribution in [2.45, 2.75) is 189 Å². The van der Waals surface area contributed by atoms with E-state index in [2.05, 4.69) is 260 Å². The van der Waals surface area contributed by atoms with Gasteiger partial charge in [-0.05, 0) is 151 Å². The number of hydrogen-bond donors (Lipinski definition) is 2. The number of nitriles is 3. The summed E-state index contributed by atoms with van der Waals surface area (Å²) in [6.07, 6.45) is 7.87. The van der Waals surface area contributed by atoms with Crippen LogP contribution < -0.4 is 29.8 Å². The first-order chi connectivity index (χ1) is 58.0. The lowest BCUT2D eigenvalue weighted by molar-refractivity contribution is -0.894. The van der Waals surface area contributed by atoms with Crippen LogP contribution in [0, 0.1) is 59.6 Å². The third-order valence-corrected chi connectivity index (χ3v) is 27.9. The number of carbonyl (C=O) groups is 3. The molecule has 2 atom stereocenters. The highest BCUT2D eigenvalue weighted by Gasteiger charge is 2.54. The molecule has 636 valence electrons. The molecule has 0 amide bonds. The second-order valence-corrected chi connectivity index (χ2v) is 36.9. The normalized spacial score (nSPS) is 22.9. The zero-order valence-corrected chi connectivity index (χ0v) is 77.1. The first kappa shape index (κ1) is 91.6. The first-order valence-electron chi connectivity index (χ1n) is 42.0. The molecule has 7 heterocycles. The number of likely N-dealkylation sites (N-methyl/N-ethyl adjacent to an activating group) is 3. The van der Waals surface area contributed by atoms with Crippen molar-refractivity contribution in [3.8, 4) is 18.2 Å². The number of hydrogen-bond acceptors (Lipinski definition) is 13. The SMILES string of the molecule is CC(=O)OC(C)=O.CC1=[N+](C)c2cc3c(cc2C1(C)C)[N+](C)=C(C)C3(C)C.CC[NH+](CC)CC.[C-]#[N+]/C(C#N)=C1/C(=CC2=[N+](C)c3cc4c(cc3C2(C)C)[N+](C)=C(C=C2C([O-])=C(C=C3N(C)c5ccccc5C3(C)C)/C2=C(\C#N)[N+]#[C-])C4(C)C)C([O-])=C1C=C1N(C)c2ccccc2C1(C)C.[C-]#[N+]/C(C#N)=C1/C(O)C(=O)C1C=C1N(C)c2ccccc2C1(C)C. The number of carbonyl (C=O) groups excluding carboxylic acids is 3. The van der Waals surface area contributed by atoms with Gasteiger partial charge in [0.2, 0.25) is 22.7 Å². The number of ketones is 1. The van der Waals surface area contributed by atoms with Gasteiger partial charge in [0, 0.05) is 169 Å². The third kappa shape index (κ3) is 14.7. The molecule has 3 aliphatic carbocycles. The van der Waals surface area contributed by atoms with E-state index in [1.54, 1.807) is 17.0 Å². The summed E-state index contributed by atoms with van der Waals surface area (Å²) in [5.41, 5.74) is 23.3. The van der Waals surface area contributed by atoms with Gasteiger partial charge in [-0.15, -0.1) is 0 Å². The molecule has 21 nitrogen and oxygen atoms in total. The molecular formula is C103H115N14O7+3. The van der Waals surface area contributed by atoms with Gasteiger partial charge in [-0.2, -0.15) is 9.15 Å². The van der Waals surface area contributed by atoms with Crippen LogP contribution in [0.3, 0.4) is 0 Å². The predicted octanol–water partition coefficient (Wildman–Crippen LogP) is 15.1. The van der Waals surface area contributed by atoms with Crippen LogP contribution in [0.5, 0.6) is 0 Å². The zero-order valence-electron chi connectivity index (χ0n) is 77.1. The molecule has 0 bridgehead atoms. The molecule has 0 radical (unpaired) electrons. The van der Waals surface area contributed by atoms with Crippen molar-refractivity contribution >= 4 is 80.4 Å². The number of esters is 2. The average molecular weight is 1660 g/mol. The van der Waals surface area contributed by atoms with Crippen molar-refractivity contribution in [3.63, 3.8) is 0 Å². The van der Waals surface area contributed by atoms with Gasteiger partial charge < -0.3 is 39.7 Å². The Morgan fingerprint density at radius 1 is 0.484 bits per heavy atom. The summed E-state index contributed by atoms with van der Waals surface area (Å²) in [7, 11) is 14.2. The number of aliphatic hydroxyl groups is 1. The second kappa shape index (κ2) is 33.2. The Hall–Kier alpha value is -13.2. The van der Waals surface area contributed by atoms with Crippen LogP contribution in [0.1, 0.15) is 184 Å². The minimum Gasteiger partial charge on any atom is -0.872 e. The number of para-hydroxylation sites is 3. The van der Waals surface area contributed by atoms with Crippen molar-refractivity contribution in [1.82, 2.24) is 0 Å². The lowest BCUT2D eigenvalue weighted by Crippen LogP contribution is -3.11. The molecule has 124 heavy (non-hydrogen) atoms. The summed E-state index contributed by atoms with van der Waals surface area (Å²) in [5.74, 6) is -2.63. The van der Waals surface area contributed by atoms with Gasteiger partial charge in [-0.3, -0.25) is 14.4 Å². The Morgan fingerprint density at radius 2 is 0.782 bits per heavy atom. The molecule has 1 fully saturated rings. The van der Waals surface area contributed by atoms with Crippen LogP contribution >= 0.6 is 0 Å². The van der Waals surface area contributed by atoms with E-state index in [9.17, 15) is 40.2 Å². The highest BCUT2D eigenvalue weighted by atomic mass is 16.6. The maximum Gasteiger partial charge on any atom is 0.310 e. The smallest absolute Gasteiger partial charge is 0.310 e. The van der Waals surface area contributed by atoms with E-state index < -0.39 is 45.6 Å². The third-order valence-electron chi connectivity index (χ3n) is 27.9. The molecule has 0 saturated heterocycles. The van der Waals surface area contributed by atoms with Gasteiger partial charge in [-0.1, -0.05) is 114 Å². The molecule has 2 N–H and O–H groups in total. The fraction of sp³-hybridized carbons (Fsp3) is 0.388.